The van der Waals surface area contributed by atoms with Gasteiger partial charge in [0.25, 0.3) is 0 Å². The summed E-state index contributed by atoms with van der Waals surface area (Å²) in [5, 5.41) is 11.7. The molecule has 2 aliphatic heterocycles. The van der Waals surface area contributed by atoms with Crippen molar-refractivity contribution in [1.82, 2.24) is 19.8 Å². The summed E-state index contributed by atoms with van der Waals surface area (Å²) in [4.78, 5) is 54.2. The van der Waals surface area contributed by atoms with Gasteiger partial charge in [0.1, 0.15) is 5.60 Å². The van der Waals surface area contributed by atoms with Crippen LogP contribution in [-0.2, 0) is 14.4 Å². The number of nitrogens with zero attached hydrogens (tertiary/aromatic N) is 6. The Kier molecular flexibility index (Phi) is 12.4. The largest absolute Gasteiger partial charge is 0.378 e. The van der Waals surface area contributed by atoms with E-state index in [1.165, 1.54) is 40.1 Å². The molecule has 3 saturated carbocycles. The molecule has 1 spiro atoms. The van der Waals surface area contributed by atoms with Crippen molar-refractivity contribution in [3.8, 4) is 11.8 Å². The number of hydrogen-bond acceptors (Lipinski definition) is 9. The quantitative estimate of drug-likeness (QED) is 0.165. The summed E-state index contributed by atoms with van der Waals surface area (Å²) in [5.74, 6) is 8.70. The van der Waals surface area contributed by atoms with Gasteiger partial charge in [0, 0.05) is 95.5 Å². The maximum atomic E-state index is 12.5. The highest BCUT2D eigenvalue weighted by Gasteiger charge is 2.62. The molecule has 1 aromatic heterocycles. The van der Waals surface area contributed by atoms with Crippen molar-refractivity contribution >= 4 is 29.2 Å². The molecular weight excluding hydrogens is 749 g/mol. The molecule has 2 amide bonds. The normalized spacial score (nSPS) is 29.9. The maximum absolute atomic E-state index is 12.5. The zero-order chi connectivity index (χ0) is 42.1. The van der Waals surface area contributed by atoms with Crippen LogP contribution in [0.3, 0.4) is 0 Å². The fraction of sp³-hybridized carbons (Fsp3) is 0.620. The lowest BCUT2D eigenvalue weighted by molar-refractivity contribution is -0.153. The van der Waals surface area contributed by atoms with Crippen molar-refractivity contribution in [2.24, 2.45) is 22.7 Å². The fourth-order valence-corrected chi connectivity index (χ4v) is 12.4. The van der Waals surface area contributed by atoms with Crippen LogP contribution in [0.2, 0.25) is 0 Å². The van der Waals surface area contributed by atoms with Crippen LogP contribution in [0.25, 0.3) is 0 Å². The number of rotatable bonds is 8. The third kappa shape index (κ3) is 8.33. The van der Waals surface area contributed by atoms with Crippen molar-refractivity contribution < 1.29 is 19.5 Å². The van der Waals surface area contributed by atoms with E-state index in [2.05, 4.69) is 81.8 Å². The number of carbonyl (C=O) groups is 3. The van der Waals surface area contributed by atoms with Gasteiger partial charge in [-0.05, 0) is 136 Å². The van der Waals surface area contributed by atoms with E-state index in [-0.39, 0.29) is 34.3 Å². The first-order valence-electron chi connectivity index (χ1n) is 22.9. The first-order valence-corrected chi connectivity index (χ1v) is 22.9. The van der Waals surface area contributed by atoms with Crippen LogP contribution in [0, 0.1) is 34.5 Å². The molecule has 2 aromatic rings. The predicted octanol–water partition coefficient (Wildman–Crippen LogP) is 7.49. The minimum absolute atomic E-state index is 0.00676. The minimum Gasteiger partial charge on any atom is -0.378 e. The van der Waals surface area contributed by atoms with E-state index < -0.39 is 5.60 Å². The standard InChI is InChI=1S/C29H35NO2.C21H31N5O2/c1-5-15-29(32)16-14-26-24-12-8-20-17-22(31)11-13-23(20)27(24)25(18-28(26,29)2)19-6-9-21(10-7-19)30(3)4;27-18-16-21(6-1-2-7-21)17-19(28)26(18)11-4-3-10-24-12-14-25(15-13-24)20-22-8-5-9-23-20/h6-7,9-10,17,24-26,32H,8,11-14,16,18H2,1-4H3;5,8-9H,1-4,6-7,10-17H2/t24-,25+,26-,28-,29-;/m0./s1. The van der Waals surface area contributed by atoms with E-state index in [0.717, 1.165) is 103 Å². The van der Waals surface area contributed by atoms with Crippen molar-refractivity contribution in [3.05, 3.63) is 71.1 Å². The van der Waals surface area contributed by atoms with Crippen LogP contribution in [-0.4, -0.2) is 101 Å². The fourth-order valence-electron chi connectivity index (χ4n) is 12.4. The molecule has 0 unspecified atom stereocenters. The smallest absolute Gasteiger partial charge is 0.229 e. The number of aliphatic hydroxyl groups is 1. The number of amides is 2. The highest BCUT2D eigenvalue weighted by Crippen LogP contribution is 2.66. The number of piperidine rings is 1. The number of aromatic nitrogens is 2. The highest BCUT2D eigenvalue weighted by atomic mass is 16.3. The molecule has 2 saturated heterocycles. The van der Waals surface area contributed by atoms with Gasteiger partial charge in [0.05, 0.1) is 0 Å². The first kappa shape index (κ1) is 42.4. The Labute approximate surface area is 357 Å². The molecular formula is C50H66N6O4. The number of allylic oxidation sites excluding steroid dienone is 4. The molecule has 1 aromatic carbocycles. The molecule has 0 radical (unpaired) electrons. The number of ketones is 1. The Bertz CT molecular complexity index is 2020. The number of benzene rings is 1. The molecule has 9 rings (SSSR count). The van der Waals surface area contributed by atoms with Crippen molar-refractivity contribution in [2.45, 2.75) is 122 Å². The Balaban J connectivity index is 0.000000168. The van der Waals surface area contributed by atoms with Crippen molar-refractivity contribution in [2.75, 3.05) is 63.2 Å². The molecule has 10 heteroatoms. The summed E-state index contributed by atoms with van der Waals surface area (Å²) in [7, 11) is 4.14. The molecule has 60 heavy (non-hydrogen) atoms. The molecule has 7 aliphatic rings. The summed E-state index contributed by atoms with van der Waals surface area (Å²) >= 11 is 0. The van der Waals surface area contributed by atoms with Crippen molar-refractivity contribution in [3.63, 3.8) is 0 Å². The van der Waals surface area contributed by atoms with Crippen molar-refractivity contribution in [1.29, 1.82) is 0 Å². The lowest BCUT2D eigenvalue weighted by atomic mass is 9.51. The van der Waals surface area contributed by atoms with Gasteiger partial charge in [-0.15, -0.1) is 5.92 Å². The van der Waals surface area contributed by atoms with E-state index in [4.69, 9.17) is 0 Å². The van der Waals surface area contributed by atoms with Crippen LogP contribution >= 0.6 is 0 Å². The third-order valence-electron chi connectivity index (χ3n) is 15.7. The Hall–Kier alpha value is -4.33. The van der Waals surface area contributed by atoms with E-state index in [0.29, 0.717) is 37.6 Å². The summed E-state index contributed by atoms with van der Waals surface area (Å²) in [6.07, 6.45) is 19.3. The summed E-state index contributed by atoms with van der Waals surface area (Å²) in [6, 6.07) is 10.8. The predicted molar refractivity (Wildman–Crippen MR) is 236 cm³/mol. The average molecular weight is 815 g/mol. The molecule has 5 fully saturated rings. The van der Waals surface area contributed by atoms with Crippen LogP contribution in [0.5, 0.6) is 0 Å². The Morgan fingerprint density at radius 1 is 0.867 bits per heavy atom. The number of likely N-dealkylation sites (tertiary alicyclic amines) is 1. The van der Waals surface area contributed by atoms with E-state index >= 15 is 0 Å². The molecule has 3 heterocycles. The molecule has 1 N–H and O–H groups in total. The number of anilines is 2. The molecule has 320 valence electrons. The maximum Gasteiger partial charge on any atom is 0.229 e. The highest BCUT2D eigenvalue weighted by molar-refractivity contribution is 5.98. The molecule has 5 aliphatic carbocycles. The van der Waals surface area contributed by atoms with Gasteiger partial charge < -0.3 is 14.9 Å². The summed E-state index contributed by atoms with van der Waals surface area (Å²) in [5.41, 5.74) is 5.72. The van der Waals surface area contributed by atoms with Crippen LogP contribution in [0.1, 0.15) is 122 Å². The van der Waals surface area contributed by atoms with Gasteiger partial charge in [-0.25, -0.2) is 9.97 Å². The van der Waals surface area contributed by atoms with E-state index in [1.807, 2.05) is 19.1 Å². The minimum atomic E-state index is -0.914. The number of piperazine rings is 1. The van der Waals surface area contributed by atoms with Gasteiger partial charge in [-0.3, -0.25) is 24.2 Å². The van der Waals surface area contributed by atoms with Gasteiger partial charge in [-0.2, -0.15) is 0 Å². The number of fused-ring (bicyclic) bond motifs is 4. The zero-order valence-electron chi connectivity index (χ0n) is 36.6. The van der Waals surface area contributed by atoms with Crippen LogP contribution in [0.15, 0.2) is 65.5 Å². The van der Waals surface area contributed by atoms with Gasteiger partial charge in [0.2, 0.25) is 17.8 Å². The monoisotopic (exact) mass is 815 g/mol. The second-order valence-electron chi connectivity index (χ2n) is 19.3. The third-order valence-corrected chi connectivity index (χ3v) is 15.7. The molecule has 10 nitrogen and oxygen atoms in total. The number of carbonyl (C=O) groups excluding carboxylic acids is 3. The molecule has 0 bridgehead atoms. The summed E-state index contributed by atoms with van der Waals surface area (Å²) < 4.78 is 0. The van der Waals surface area contributed by atoms with Gasteiger partial charge >= 0.3 is 0 Å². The molecule has 5 atom stereocenters. The lowest BCUT2D eigenvalue weighted by Crippen LogP contribution is -2.51. The van der Waals surface area contributed by atoms with Gasteiger partial charge in [0.15, 0.2) is 5.78 Å². The summed E-state index contributed by atoms with van der Waals surface area (Å²) in [6.45, 7) is 9.64. The van der Waals surface area contributed by atoms with Gasteiger partial charge in [-0.1, -0.05) is 43.4 Å². The number of hydrogen-bond donors (Lipinski definition) is 1. The van der Waals surface area contributed by atoms with E-state index in [9.17, 15) is 19.5 Å². The second-order valence-corrected chi connectivity index (χ2v) is 19.3. The van der Waals surface area contributed by atoms with Crippen LogP contribution in [0.4, 0.5) is 11.6 Å². The average Bonchev–Trinajstić information content (AvgIpc) is 3.80. The number of unbranched alkanes of at least 4 members (excludes halogenated alkanes) is 1. The first-order chi connectivity index (χ1) is 28.9. The Morgan fingerprint density at radius 2 is 1.55 bits per heavy atom. The zero-order valence-corrected chi connectivity index (χ0v) is 36.6. The SMILES string of the molecule is CC#C[C@]1(O)CC[C@H]2[C@@H]3CCC4=CC(=O)CCC4=C3[C@@H](c3ccc(N(C)C)cc3)C[C@@]21C.O=C1CC2(CCCC2)CC(=O)N1CCCCN1CCN(c2ncccn2)CC1. The second kappa shape index (κ2) is 17.6. The topological polar surface area (TPSA) is 110 Å². The lowest BCUT2D eigenvalue weighted by Gasteiger charge is -2.53. The number of imide groups is 1. The van der Waals surface area contributed by atoms with Crippen LogP contribution < -0.4 is 9.80 Å². The Morgan fingerprint density at radius 3 is 2.22 bits per heavy atom. The van der Waals surface area contributed by atoms with E-state index in [1.54, 1.807) is 18.0 Å².